The molecule has 6 heteroatoms. The van der Waals surface area contributed by atoms with Crippen molar-refractivity contribution in [1.82, 2.24) is 9.97 Å². The minimum Gasteiger partial charge on any atom is -0.481 e. The first kappa shape index (κ1) is 10.2. The minimum absolute atomic E-state index is 0.161. The van der Waals surface area contributed by atoms with Gasteiger partial charge in [0.15, 0.2) is 0 Å². The Morgan fingerprint density at radius 1 is 1.36 bits per heavy atom. The van der Waals surface area contributed by atoms with E-state index in [9.17, 15) is 4.79 Å². The third kappa shape index (κ3) is 2.58. The van der Waals surface area contributed by atoms with Gasteiger partial charge in [-0.25, -0.2) is 0 Å². The van der Waals surface area contributed by atoms with E-state index in [1.165, 1.54) is 20.3 Å². The summed E-state index contributed by atoms with van der Waals surface area (Å²) in [5, 5.41) is 8.53. The molecule has 0 bridgehead atoms. The van der Waals surface area contributed by atoms with Gasteiger partial charge in [0, 0.05) is 0 Å². The lowest BCUT2D eigenvalue weighted by Gasteiger charge is -2.04. The second-order valence-corrected chi connectivity index (χ2v) is 2.44. The Labute approximate surface area is 80.5 Å². The molecule has 0 saturated heterocycles. The molecule has 0 aliphatic carbocycles. The fourth-order valence-corrected chi connectivity index (χ4v) is 0.873. The van der Waals surface area contributed by atoms with Gasteiger partial charge >= 0.3 is 5.97 Å². The fourth-order valence-electron chi connectivity index (χ4n) is 0.873. The molecule has 1 aromatic rings. The second kappa shape index (κ2) is 4.40. The highest BCUT2D eigenvalue weighted by Gasteiger charge is 2.08. The maximum Gasteiger partial charge on any atom is 0.311 e. The number of carbonyl (C=O) groups is 1. The normalized spacial score (nSPS) is 9.57. The van der Waals surface area contributed by atoms with Gasteiger partial charge in [-0.1, -0.05) is 0 Å². The van der Waals surface area contributed by atoms with Crippen LogP contribution < -0.4 is 9.47 Å². The van der Waals surface area contributed by atoms with Crippen molar-refractivity contribution >= 4 is 5.97 Å². The van der Waals surface area contributed by atoms with E-state index in [-0.39, 0.29) is 24.0 Å². The van der Waals surface area contributed by atoms with Gasteiger partial charge < -0.3 is 14.6 Å². The Morgan fingerprint density at radius 2 is 1.86 bits per heavy atom. The number of carboxylic acid groups (broad SMARTS) is 1. The van der Waals surface area contributed by atoms with Crippen molar-refractivity contribution in [3.05, 3.63) is 11.9 Å². The smallest absolute Gasteiger partial charge is 0.311 e. The number of carboxylic acids is 1. The van der Waals surface area contributed by atoms with Gasteiger partial charge in [-0.2, -0.15) is 9.97 Å². The highest BCUT2D eigenvalue weighted by Crippen LogP contribution is 2.14. The van der Waals surface area contributed by atoms with Crippen molar-refractivity contribution in [2.75, 3.05) is 14.2 Å². The molecule has 0 aromatic carbocycles. The Balaban J connectivity index is 2.98. The van der Waals surface area contributed by atoms with Gasteiger partial charge in [-0.05, 0) is 0 Å². The van der Waals surface area contributed by atoms with Crippen LogP contribution in [0.1, 0.15) is 5.82 Å². The monoisotopic (exact) mass is 198 g/mol. The summed E-state index contributed by atoms with van der Waals surface area (Å²) in [6.07, 6.45) is -0.256. The lowest BCUT2D eigenvalue weighted by atomic mass is 10.4. The summed E-state index contributed by atoms with van der Waals surface area (Å²) in [7, 11) is 2.87. The number of hydrogen-bond donors (Lipinski definition) is 1. The SMILES string of the molecule is COc1cc(OC)nc(CC(=O)O)n1. The summed E-state index contributed by atoms with van der Waals surface area (Å²) in [4.78, 5) is 18.1. The van der Waals surface area contributed by atoms with Crippen molar-refractivity contribution in [3.8, 4) is 11.8 Å². The van der Waals surface area contributed by atoms with Crippen LogP contribution in [-0.2, 0) is 11.2 Å². The summed E-state index contributed by atoms with van der Waals surface area (Å²) in [6.45, 7) is 0. The Kier molecular flexibility index (Phi) is 3.22. The molecule has 1 N–H and O–H groups in total. The average Bonchev–Trinajstić information content (AvgIpc) is 2.16. The number of methoxy groups -OCH3 is 2. The maximum atomic E-state index is 10.4. The zero-order chi connectivity index (χ0) is 10.6. The molecule has 0 atom stereocenters. The molecular formula is C8H10N2O4. The van der Waals surface area contributed by atoms with Crippen molar-refractivity contribution < 1.29 is 19.4 Å². The lowest BCUT2D eigenvalue weighted by Crippen LogP contribution is -2.06. The third-order valence-electron chi connectivity index (χ3n) is 1.45. The van der Waals surface area contributed by atoms with Crippen LogP contribution in [0.25, 0.3) is 0 Å². The van der Waals surface area contributed by atoms with E-state index in [2.05, 4.69) is 9.97 Å². The molecule has 76 valence electrons. The minimum atomic E-state index is -1.000. The van der Waals surface area contributed by atoms with Gasteiger partial charge in [-0.3, -0.25) is 4.79 Å². The molecule has 0 fully saturated rings. The summed E-state index contributed by atoms with van der Waals surface area (Å²) in [5.41, 5.74) is 0. The van der Waals surface area contributed by atoms with E-state index in [4.69, 9.17) is 14.6 Å². The van der Waals surface area contributed by atoms with Crippen LogP contribution in [0.2, 0.25) is 0 Å². The predicted octanol–water partition coefficient (Wildman–Crippen LogP) is 0.121. The lowest BCUT2D eigenvalue weighted by molar-refractivity contribution is -0.136. The van der Waals surface area contributed by atoms with Crippen molar-refractivity contribution in [2.45, 2.75) is 6.42 Å². The predicted molar refractivity (Wildman–Crippen MR) is 46.5 cm³/mol. The van der Waals surface area contributed by atoms with E-state index in [0.717, 1.165) is 0 Å². The summed E-state index contributed by atoms with van der Waals surface area (Å²) >= 11 is 0. The molecule has 0 radical (unpaired) electrons. The van der Waals surface area contributed by atoms with Crippen LogP contribution in [-0.4, -0.2) is 35.3 Å². The zero-order valence-electron chi connectivity index (χ0n) is 7.85. The third-order valence-corrected chi connectivity index (χ3v) is 1.45. The number of hydrogen-bond acceptors (Lipinski definition) is 5. The number of aromatic nitrogens is 2. The van der Waals surface area contributed by atoms with Gasteiger partial charge in [0.05, 0.1) is 20.3 Å². The number of rotatable bonds is 4. The fraction of sp³-hybridized carbons (Fsp3) is 0.375. The van der Waals surface area contributed by atoms with Crippen molar-refractivity contribution in [1.29, 1.82) is 0 Å². The quantitative estimate of drug-likeness (QED) is 0.740. The summed E-state index contributed by atoms with van der Waals surface area (Å²) < 4.78 is 9.71. The summed E-state index contributed by atoms with van der Waals surface area (Å²) in [5.74, 6) is -0.268. The Morgan fingerprint density at radius 3 is 2.21 bits per heavy atom. The molecule has 0 aliphatic rings. The van der Waals surface area contributed by atoms with Crippen LogP contribution in [0.3, 0.4) is 0 Å². The van der Waals surface area contributed by atoms with E-state index in [1.54, 1.807) is 0 Å². The molecule has 0 unspecified atom stereocenters. The number of nitrogens with zero attached hydrogens (tertiary/aromatic N) is 2. The van der Waals surface area contributed by atoms with E-state index in [1.807, 2.05) is 0 Å². The molecule has 0 saturated carbocycles. The molecule has 14 heavy (non-hydrogen) atoms. The standard InChI is InChI=1S/C8H10N2O4/c1-13-6-4-7(14-2)10-5(9-6)3-8(11)12/h4H,3H2,1-2H3,(H,11,12). The first-order valence-corrected chi connectivity index (χ1v) is 3.83. The molecule has 6 nitrogen and oxygen atoms in total. The van der Waals surface area contributed by atoms with Gasteiger partial charge in [0.2, 0.25) is 11.8 Å². The molecule has 1 rings (SSSR count). The van der Waals surface area contributed by atoms with Crippen LogP contribution in [0.5, 0.6) is 11.8 Å². The zero-order valence-corrected chi connectivity index (χ0v) is 7.85. The molecular weight excluding hydrogens is 188 g/mol. The van der Waals surface area contributed by atoms with Crippen molar-refractivity contribution in [2.24, 2.45) is 0 Å². The van der Waals surface area contributed by atoms with Crippen molar-refractivity contribution in [3.63, 3.8) is 0 Å². The van der Waals surface area contributed by atoms with Gasteiger partial charge in [0.1, 0.15) is 12.2 Å². The average molecular weight is 198 g/mol. The van der Waals surface area contributed by atoms with Gasteiger partial charge in [0.25, 0.3) is 0 Å². The molecule has 1 aromatic heterocycles. The molecule has 0 spiro atoms. The highest BCUT2D eigenvalue weighted by atomic mass is 16.5. The topological polar surface area (TPSA) is 81.5 Å². The maximum absolute atomic E-state index is 10.4. The first-order chi connectivity index (χ1) is 6.65. The van der Waals surface area contributed by atoms with E-state index < -0.39 is 5.97 Å². The number of ether oxygens (including phenoxy) is 2. The van der Waals surface area contributed by atoms with Gasteiger partial charge in [-0.15, -0.1) is 0 Å². The Bertz CT molecular complexity index is 318. The van der Waals surface area contributed by atoms with Crippen LogP contribution in [0.15, 0.2) is 6.07 Å². The summed E-state index contributed by atoms with van der Waals surface area (Å²) in [6, 6.07) is 1.48. The second-order valence-electron chi connectivity index (χ2n) is 2.44. The largest absolute Gasteiger partial charge is 0.481 e. The van der Waals surface area contributed by atoms with E-state index >= 15 is 0 Å². The number of aliphatic carboxylic acids is 1. The first-order valence-electron chi connectivity index (χ1n) is 3.83. The van der Waals surface area contributed by atoms with E-state index in [0.29, 0.717) is 0 Å². The van der Waals surface area contributed by atoms with Crippen LogP contribution in [0.4, 0.5) is 0 Å². The van der Waals surface area contributed by atoms with Crippen LogP contribution >= 0.6 is 0 Å². The highest BCUT2D eigenvalue weighted by molar-refractivity contribution is 5.69. The molecule has 1 heterocycles. The molecule has 0 amide bonds. The Hall–Kier alpha value is -1.85. The molecule has 0 aliphatic heterocycles. The van der Waals surface area contributed by atoms with Crippen LogP contribution in [0, 0.1) is 0 Å².